The second-order valence-corrected chi connectivity index (χ2v) is 10.1. The molecule has 0 saturated heterocycles. The number of fused-ring (bicyclic) bond motifs is 2. The van der Waals surface area contributed by atoms with E-state index in [2.05, 4.69) is 29.9 Å². The number of unbranched alkanes of at least 4 members (excludes halogenated alkanes) is 4. The maximum absolute atomic E-state index is 12.5. The first-order valence-electron chi connectivity index (χ1n) is 12.6. The molecule has 0 bridgehead atoms. The van der Waals surface area contributed by atoms with E-state index in [0.29, 0.717) is 5.92 Å². The molecule has 0 heterocycles. The van der Waals surface area contributed by atoms with Gasteiger partial charge in [-0.3, -0.25) is 0 Å². The average Bonchev–Trinajstić information content (AvgIpc) is 2.78. The number of rotatable bonds is 9. The van der Waals surface area contributed by atoms with E-state index in [1.807, 2.05) is 6.07 Å². The van der Waals surface area contributed by atoms with Gasteiger partial charge in [-0.15, -0.1) is 0 Å². The Morgan fingerprint density at radius 2 is 1.58 bits per heavy atom. The summed E-state index contributed by atoms with van der Waals surface area (Å²) in [5.74, 6) is 3.70. The van der Waals surface area contributed by atoms with Crippen LogP contribution in [0.25, 0.3) is 10.8 Å². The van der Waals surface area contributed by atoms with Gasteiger partial charge in [-0.1, -0.05) is 76.1 Å². The van der Waals surface area contributed by atoms with Gasteiger partial charge < -0.3 is 4.74 Å². The predicted octanol–water partition coefficient (Wildman–Crippen LogP) is 9.10. The first-order chi connectivity index (χ1) is 15.1. The second kappa shape index (κ2) is 10.8. The highest BCUT2D eigenvalue weighted by Crippen LogP contribution is 2.48. The summed E-state index contributed by atoms with van der Waals surface area (Å²) in [6.07, 6.45) is 16.8. The molecule has 0 aliphatic heterocycles. The Kier molecular flexibility index (Phi) is 7.85. The Morgan fingerprint density at radius 1 is 0.839 bits per heavy atom. The Morgan fingerprint density at radius 3 is 2.42 bits per heavy atom. The lowest BCUT2D eigenvalue weighted by Crippen LogP contribution is -2.30. The molecule has 31 heavy (non-hydrogen) atoms. The highest BCUT2D eigenvalue weighted by Gasteiger charge is 2.35. The Labute approximate surface area is 186 Å². The largest absolute Gasteiger partial charge is 0.435 e. The van der Waals surface area contributed by atoms with Gasteiger partial charge in [0.1, 0.15) is 5.75 Å². The van der Waals surface area contributed by atoms with Crippen molar-refractivity contribution in [3.8, 4) is 5.75 Å². The van der Waals surface area contributed by atoms with Gasteiger partial charge in [0.25, 0.3) is 0 Å². The minimum atomic E-state index is -2.77. The molecular formula is C28H38F2O. The van der Waals surface area contributed by atoms with Crippen molar-refractivity contribution >= 4 is 10.8 Å². The van der Waals surface area contributed by atoms with Crippen molar-refractivity contribution < 1.29 is 13.5 Å². The molecule has 4 unspecified atom stereocenters. The maximum atomic E-state index is 12.5. The SMILES string of the molecule is CCCCCCCC1CCC2CC(c3ccc4cc(OC(F)F)ccc4c3)CCC2C1. The Bertz CT molecular complexity index is 833. The Balaban J connectivity index is 1.31. The molecule has 0 aromatic heterocycles. The molecule has 1 nitrogen and oxygen atoms in total. The first-order valence-corrected chi connectivity index (χ1v) is 12.6. The summed E-state index contributed by atoms with van der Waals surface area (Å²) in [5, 5.41) is 2.09. The lowest BCUT2D eigenvalue weighted by Gasteiger charge is -2.42. The Hall–Kier alpha value is -1.64. The minimum Gasteiger partial charge on any atom is -0.435 e. The molecule has 2 aromatic rings. The monoisotopic (exact) mass is 428 g/mol. The van der Waals surface area contributed by atoms with Crippen molar-refractivity contribution in [3.63, 3.8) is 0 Å². The van der Waals surface area contributed by atoms with Crippen LogP contribution in [-0.2, 0) is 0 Å². The van der Waals surface area contributed by atoms with Crippen LogP contribution < -0.4 is 4.74 Å². The third-order valence-corrected chi connectivity index (χ3v) is 7.97. The summed E-state index contributed by atoms with van der Waals surface area (Å²) in [7, 11) is 0. The molecule has 170 valence electrons. The van der Waals surface area contributed by atoms with Crippen molar-refractivity contribution in [2.75, 3.05) is 0 Å². The second-order valence-electron chi connectivity index (χ2n) is 10.1. The minimum absolute atomic E-state index is 0.234. The zero-order chi connectivity index (χ0) is 21.6. The summed E-state index contributed by atoms with van der Waals surface area (Å²) in [5.41, 5.74) is 1.42. The lowest BCUT2D eigenvalue weighted by molar-refractivity contribution is -0.0497. The van der Waals surface area contributed by atoms with E-state index in [1.54, 1.807) is 12.1 Å². The number of alkyl halides is 2. The van der Waals surface area contributed by atoms with Crippen LogP contribution in [0.5, 0.6) is 5.75 Å². The predicted molar refractivity (Wildman–Crippen MR) is 125 cm³/mol. The number of hydrogen-bond donors (Lipinski definition) is 0. The standard InChI is InChI=1S/C28H38F2O/c1-2-3-4-5-6-7-20-8-9-22-17-23(11-10-21(22)16-20)24-12-13-26-19-27(31-28(29)30)15-14-25(26)18-24/h12-15,18-23,28H,2-11,16-17H2,1H3. The molecule has 4 atom stereocenters. The molecule has 0 amide bonds. The van der Waals surface area contributed by atoms with Crippen LogP contribution in [0.1, 0.15) is 95.5 Å². The number of benzene rings is 2. The normalized spacial score (nSPS) is 26.2. The van der Waals surface area contributed by atoms with E-state index in [1.165, 1.54) is 82.6 Å². The van der Waals surface area contributed by atoms with E-state index < -0.39 is 6.61 Å². The topological polar surface area (TPSA) is 9.23 Å². The smallest absolute Gasteiger partial charge is 0.387 e. The number of halogens is 2. The molecule has 3 heteroatoms. The van der Waals surface area contributed by atoms with E-state index in [-0.39, 0.29) is 5.75 Å². The van der Waals surface area contributed by atoms with E-state index in [0.717, 1.165) is 28.5 Å². The first kappa shape index (κ1) is 22.6. The lowest BCUT2D eigenvalue weighted by atomic mass is 9.63. The summed E-state index contributed by atoms with van der Waals surface area (Å²) in [4.78, 5) is 0. The highest BCUT2D eigenvalue weighted by molar-refractivity contribution is 5.84. The fourth-order valence-corrected chi connectivity index (χ4v) is 6.26. The van der Waals surface area contributed by atoms with Crippen LogP contribution in [0, 0.1) is 17.8 Å². The van der Waals surface area contributed by atoms with Crippen LogP contribution in [0.2, 0.25) is 0 Å². The average molecular weight is 429 g/mol. The third-order valence-electron chi connectivity index (χ3n) is 7.97. The van der Waals surface area contributed by atoms with Crippen molar-refractivity contribution in [2.45, 2.75) is 96.5 Å². The van der Waals surface area contributed by atoms with Crippen LogP contribution in [0.3, 0.4) is 0 Å². The van der Waals surface area contributed by atoms with Gasteiger partial charge in [-0.05, 0) is 84.2 Å². The molecule has 2 fully saturated rings. The summed E-state index contributed by atoms with van der Waals surface area (Å²) in [6, 6.07) is 11.8. The van der Waals surface area contributed by atoms with E-state index >= 15 is 0 Å². The molecule has 2 aliphatic carbocycles. The van der Waals surface area contributed by atoms with Crippen molar-refractivity contribution in [3.05, 3.63) is 42.0 Å². The zero-order valence-corrected chi connectivity index (χ0v) is 19.0. The molecular weight excluding hydrogens is 390 g/mol. The van der Waals surface area contributed by atoms with Gasteiger partial charge in [0.15, 0.2) is 0 Å². The molecule has 2 aromatic carbocycles. The molecule has 0 radical (unpaired) electrons. The molecule has 0 spiro atoms. The fourth-order valence-electron chi connectivity index (χ4n) is 6.26. The highest BCUT2D eigenvalue weighted by atomic mass is 19.3. The van der Waals surface area contributed by atoms with Gasteiger partial charge in [-0.25, -0.2) is 0 Å². The van der Waals surface area contributed by atoms with Crippen LogP contribution in [0.4, 0.5) is 8.78 Å². The van der Waals surface area contributed by atoms with Crippen molar-refractivity contribution in [1.82, 2.24) is 0 Å². The van der Waals surface area contributed by atoms with Gasteiger partial charge in [-0.2, -0.15) is 8.78 Å². The van der Waals surface area contributed by atoms with E-state index in [4.69, 9.17) is 0 Å². The summed E-state index contributed by atoms with van der Waals surface area (Å²) < 4.78 is 29.5. The molecule has 0 N–H and O–H groups in total. The molecule has 2 saturated carbocycles. The zero-order valence-electron chi connectivity index (χ0n) is 19.0. The summed E-state index contributed by atoms with van der Waals surface area (Å²) >= 11 is 0. The van der Waals surface area contributed by atoms with Crippen LogP contribution in [0.15, 0.2) is 36.4 Å². The molecule has 4 rings (SSSR count). The van der Waals surface area contributed by atoms with Crippen LogP contribution in [-0.4, -0.2) is 6.61 Å². The number of ether oxygens (including phenoxy) is 1. The van der Waals surface area contributed by atoms with Gasteiger partial charge >= 0.3 is 6.61 Å². The third kappa shape index (κ3) is 5.99. The maximum Gasteiger partial charge on any atom is 0.387 e. The van der Waals surface area contributed by atoms with Crippen molar-refractivity contribution in [2.24, 2.45) is 17.8 Å². The summed E-state index contributed by atoms with van der Waals surface area (Å²) in [6.45, 7) is -0.486. The number of hydrogen-bond acceptors (Lipinski definition) is 1. The van der Waals surface area contributed by atoms with Crippen LogP contribution >= 0.6 is 0 Å². The quantitative estimate of drug-likeness (QED) is 0.362. The van der Waals surface area contributed by atoms with E-state index in [9.17, 15) is 8.78 Å². The fraction of sp³-hybridized carbons (Fsp3) is 0.643. The van der Waals surface area contributed by atoms with Gasteiger partial charge in [0.05, 0.1) is 0 Å². The van der Waals surface area contributed by atoms with Gasteiger partial charge in [0, 0.05) is 0 Å². The van der Waals surface area contributed by atoms with Crippen molar-refractivity contribution in [1.29, 1.82) is 0 Å². The molecule has 2 aliphatic rings. The van der Waals surface area contributed by atoms with Gasteiger partial charge in [0.2, 0.25) is 0 Å².